The number of amides is 1. The van der Waals surface area contributed by atoms with E-state index in [1.54, 1.807) is 4.90 Å². The molecule has 1 aliphatic rings. The first-order valence-corrected chi connectivity index (χ1v) is 8.99. The number of halogens is 1. The van der Waals surface area contributed by atoms with E-state index in [4.69, 9.17) is 4.74 Å². The molecule has 21 heavy (non-hydrogen) atoms. The molecule has 0 radical (unpaired) electrons. The summed E-state index contributed by atoms with van der Waals surface area (Å²) >= 11 is 3.38. The molecule has 5 heteroatoms. The van der Waals surface area contributed by atoms with Crippen LogP contribution in [0.2, 0.25) is 0 Å². The van der Waals surface area contributed by atoms with Crippen molar-refractivity contribution in [1.82, 2.24) is 4.90 Å². The summed E-state index contributed by atoms with van der Waals surface area (Å²) in [5, 5.41) is 0.954. The molecule has 1 rings (SSSR count). The Morgan fingerprint density at radius 3 is 2.62 bits per heavy atom. The molecule has 4 nitrogen and oxygen atoms in total. The van der Waals surface area contributed by atoms with E-state index in [-0.39, 0.29) is 6.09 Å². The molecule has 0 aromatic carbocycles. The van der Waals surface area contributed by atoms with Crippen LogP contribution in [0.25, 0.3) is 0 Å². The molecule has 0 aliphatic carbocycles. The molecule has 1 fully saturated rings. The topological polar surface area (TPSA) is 46.6 Å². The lowest BCUT2D eigenvalue weighted by atomic mass is 9.92. The van der Waals surface area contributed by atoms with Gasteiger partial charge in [-0.05, 0) is 52.4 Å². The SMILES string of the molecule is CC(C)(C)OC(=O)N1CCC[C@@H](CC(=O)CCCCBr)C1. The third-order valence-corrected chi connectivity index (χ3v) is 4.09. The van der Waals surface area contributed by atoms with Gasteiger partial charge in [0.25, 0.3) is 0 Å². The number of carbonyl (C=O) groups is 2. The molecule has 0 saturated carbocycles. The number of likely N-dealkylation sites (tertiary alicyclic amines) is 1. The lowest BCUT2D eigenvalue weighted by Gasteiger charge is -2.34. The van der Waals surface area contributed by atoms with E-state index in [9.17, 15) is 9.59 Å². The fourth-order valence-corrected chi connectivity index (χ4v) is 2.96. The molecule has 0 spiro atoms. The number of nitrogens with zero attached hydrogens (tertiary/aromatic N) is 1. The van der Waals surface area contributed by atoms with Gasteiger partial charge in [0.05, 0.1) is 0 Å². The number of piperidine rings is 1. The van der Waals surface area contributed by atoms with E-state index >= 15 is 0 Å². The highest BCUT2D eigenvalue weighted by Crippen LogP contribution is 2.22. The maximum atomic E-state index is 12.1. The van der Waals surface area contributed by atoms with Gasteiger partial charge in [-0.2, -0.15) is 0 Å². The van der Waals surface area contributed by atoms with Crippen LogP contribution >= 0.6 is 15.9 Å². The smallest absolute Gasteiger partial charge is 0.410 e. The molecule has 0 aromatic rings. The lowest BCUT2D eigenvalue weighted by Crippen LogP contribution is -2.43. The fraction of sp³-hybridized carbons (Fsp3) is 0.875. The van der Waals surface area contributed by atoms with Gasteiger partial charge in [-0.15, -0.1) is 0 Å². The average molecular weight is 362 g/mol. The predicted molar refractivity (Wildman–Crippen MR) is 87.8 cm³/mol. The number of ketones is 1. The first-order valence-electron chi connectivity index (χ1n) is 7.87. The zero-order chi connectivity index (χ0) is 15.9. The van der Waals surface area contributed by atoms with E-state index in [2.05, 4.69) is 15.9 Å². The van der Waals surface area contributed by atoms with Crippen LogP contribution in [0, 0.1) is 5.92 Å². The summed E-state index contributed by atoms with van der Waals surface area (Å²) in [6, 6.07) is 0. The van der Waals surface area contributed by atoms with E-state index in [0.29, 0.717) is 31.1 Å². The molecule has 0 N–H and O–H groups in total. The molecule has 122 valence electrons. The number of Topliss-reactive ketones (excluding diaryl/α,β-unsaturated/α-hetero) is 1. The molecular weight excluding hydrogens is 334 g/mol. The van der Waals surface area contributed by atoms with Crippen molar-refractivity contribution in [2.75, 3.05) is 18.4 Å². The fourth-order valence-electron chi connectivity index (χ4n) is 2.56. The monoisotopic (exact) mass is 361 g/mol. The molecule has 0 bridgehead atoms. The highest BCUT2D eigenvalue weighted by Gasteiger charge is 2.28. The summed E-state index contributed by atoms with van der Waals surface area (Å²) in [7, 11) is 0. The second-order valence-corrected chi connectivity index (χ2v) is 7.62. The van der Waals surface area contributed by atoms with Crippen LogP contribution in [0.15, 0.2) is 0 Å². The summed E-state index contributed by atoms with van der Waals surface area (Å²) in [6.07, 6.45) is 4.99. The van der Waals surface area contributed by atoms with Crippen LogP contribution < -0.4 is 0 Å². The molecule has 1 atom stereocenters. The molecule has 1 saturated heterocycles. The minimum atomic E-state index is -0.463. The Morgan fingerprint density at radius 2 is 2.00 bits per heavy atom. The first-order chi connectivity index (χ1) is 9.81. The third kappa shape index (κ3) is 7.84. The van der Waals surface area contributed by atoms with E-state index < -0.39 is 5.60 Å². The van der Waals surface area contributed by atoms with Gasteiger partial charge in [-0.3, -0.25) is 4.79 Å². The van der Waals surface area contributed by atoms with Gasteiger partial charge >= 0.3 is 6.09 Å². The van der Waals surface area contributed by atoms with Crippen LogP contribution in [-0.4, -0.2) is 40.8 Å². The van der Waals surface area contributed by atoms with E-state index in [1.165, 1.54) is 0 Å². The maximum absolute atomic E-state index is 12.1. The average Bonchev–Trinajstić information content (AvgIpc) is 2.37. The summed E-state index contributed by atoms with van der Waals surface area (Å²) in [5.74, 6) is 0.620. The van der Waals surface area contributed by atoms with Crippen molar-refractivity contribution in [2.24, 2.45) is 5.92 Å². The van der Waals surface area contributed by atoms with Crippen molar-refractivity contribution in [2.45, 2.75) is 64.9 Å². The van der Waals surface area contributed by atoms with Crippen molar-refractivity contribution >= 4 is 27.8 Å². The van der Waals surface area contributed by atoms with Crippen molar-refractivity contribution < 1.29 is 14.3 Å². The van der Waals surface area contributed by atoms with Gasteiger partial charge in [0.1, 0.15) is 11.4 Å². The van der Waals surface area contributed by atoms with Gasteiger partial charge in [-0.1, -0.05) is 15.9 Å². The maximum Gasteiger partial charge on any atom is 0.410 e. The minimum Gasteiger partial charge on any atom is -0.444 e. The first kappa shape index (κ1) is 18.5. The van der Waals surface area contributed by atoms with Gasteiger partial charge in [0, 0.05) is 31.3 Å². The minimum absolute atomic E-state index is 0.251. The van der Waals surface area contributed by atoms with Crippen molar-refractivity contribution in [3.8, 4) is 0 Å². The van der Waals surface area contributed by atoms with Crippen molar-refractivity contribution in [3.63, 3.8) is 0 Å². The van der Waals surface area contributed by atoms with Crippen LogP contribution in [0.3, 0.4) is 0 Å². The summed E-state index contributed by atoms with van der Waals surface area (Å²) in [4.78, 5) is 25.8. The summed E-state index contributed by atoms with van der Waals surface area (Å²) < 4.78 is 5.41. The van der Waals surface area contributed by atoms with Crippen LogP contribution in [-0.2, 0) is 9.53 Å². The number of carbonyl (C=O) groups excluding carboxylic acids is 2. The number of hydrogen-bond acceptors (Lipinski definition) is 3. The number of hydrogen-bond donors (Lipinski definition) is 0. The zero-order valence-corrected chi connectivity index (χ0v) is 15.1. The Kier molecular flexibility index (Phi) is 7.71. The number of rotatable bonds is 6. The Balaban J connectivity index is 2.38. The Morgan fingerprint density at radius 1 is 1.29 bits per heavy atom. The quantitative estimate of drug-likeness (QED) is 0.527. The predicted octanol–water partition coefficient (Wildman–Crippen LogP) is 4.16. The van der Waals surface area contributed by atoms with Crippen LogP contribution in [0.5, 0.6) is 0 Å². The molecule has 1 amide bonds. The van der Waals surface area contributed by atoms with Crippen molar-refractivity contribution in [1.29, 1.82) is 0 Å². The number of unbranched alkanes of at least 4 members (excludes halogenated alkanes) is 1. The number of ether oxygens (including phenoxy) is 1. The Bertz CT molecular complexity index is 352. The third-order valence-electron chi connectivity index (χ3n) is 3.53. The van der Waals surface area contributed by atoms with E-state index in [0.717, 1.165) is 37.6 Å². The highest BCUT2D eigenvalue weighted by atomic mass is 79.9. The molecular formula is C16H28BrNO3. The van der Waals surface area contributed by atoms with Gasteiger partial charge < -0.3 is 9.64 Å². The Labute approximate surface area is 136 Å². The van der Waals surface area contributed by atoms with E-state index in [1.807, 2.05) is 20.8 Å². The number of alkyl halides is 1. The second kappa shape index (κ2) is 8.76. The van der Waals surface area contributed by atoms with Gasteiger partial charge in [-0.25, -0.2) is 4.79 Å². The van der Waals surface area contributed by atoms with Gasteiger partial charge in [0.2, 0.25) is 0 Å². The van der Waals surface area contributed by atoms with Crippen LogP contribution in [0.4, 0.5) is 4.79 Å². The largest absolute Gasteiger partial charge is 0.444 e. The van der Waals surface area contributed by atoms with Crippen molar-refractivity contribution in [3.05, 3.63) is 0 Å². The van der Waals surface area contributed by atoms with Crippen LogP contribution in [0.1, 0.15) is 59.3 Å². The Hall–Kier alpha value is -0.580. The zero-order valence-electron chi connectivity index (χ0n) is 13.5. The normalized spacial score (nSPS) is 19.4. The lowest BCUT2D eigenvalue weighted by molar-refractivity contribution is -0.120. The summed E-state index contributed by atoms with van der Waals surface area (Å²) in [6.45, 7) is 7.02. The second-order valence-electron chi connectivity index (χ2n) is 6.82. The standard InChI is InChI=1S/C16H28BrNO3/c1-16(2,3)21-15(20)18-10-6-7-13(12-18)11-14(19)8-4-5-9-17/h13H,4-12H2,1-3H3/t13-/m0/s1. The van der Waals surface area contributed by atoms with Gasteiger partial charge in [0.15, 0.2) is 0 Å². The molecule has 1 aliphatic heterocycles. The molecule has 1 heterocycles. The molecule has 0 unspecified atom stereocenters. The molecule has 0 aromatic heterocycles. The summed E-state index contributed by atoms with van der Waals surface area (Å²) in [5.41, 5.74) is -0.463. The highest BCUT2D eigenvalue weighted by molar-refractivity contribution is 9.09.